The molecule has 0 aromatic heterocycles. The van der Waals surface area contributed by atoms with E-state index in [1.807, 2.05) is 11.8 Å². The van der Waals surface area contributed by atoms with Crippen LogP contribution in [0.25, 0.3) is 0 Å². The van der Waals surface area contributed by atoms with Gasteiger partial charge in [0.2, 0.25) is 0 Å². The van der Waals surface area contributed by atoms with E-state index in [2.05, 4.69) is 6.92 Å². The molecule has 1 nitrogen and oxygen atoms in total. The van der Waals surface area contributed by atoms with E-state index in [1.165, 1.54) is 30.8 Å². The molecule has 0 aromatic carbocycles. The fraction of sp³-hybridized carbons (Fsp3) is 1.00. The third-order valence-electron chi connectivity index (χ3n) is 1.40. The number of rotatable bonds is 7. The predicted molar refractivity (Wildman–Crippen MR) is 48.6 cm³/mol. The summed E-state index contributed by atoms with van der Waals surface area (Å²) in [5.74, 6) is 2.53. The second kappa shape index (κ2) is 9.31. The normalized spacial score (nSPS) is 10.2. The second-order valence-electron chi connectivity index (χ2n) is 2.33. The first-order chi connectivity index (χ1) is 4.91. The number of hydrogen-bond donors (Lipinski definition) is 1. The van der Waals surface area contributed by atoms with Gasteiger partial charge in [0.05, 0.1) is 0 Å². The first-order valence-corrected chi connectivity index (χ1v) is 5.26. The van der Waals surface area contributed by atoms with Crippen LogP contribution in [0.5, 0.6) is 0 Å². The maximum absolute atomic E-state index is 8.46. The summed E-state index contributed by atoms with van der Waals surface area (Å²) in [4.78, 5) is 0. The van der Waals surface area contributed by atoms with Crippen molar-refractivity contribution in [3.8, 4) is 0 Å². The van der Waals surface area contributed by atoms with Crippen molar-refractivity contribution in [3.63, 3.8) is 0 Å². The fourth-order valence-electron chi connectivity index (χ4n) is 0.814. The molecule has 0 aromatic rings. The van der Waals surface area contributed by atoms with Crippen LogP contribution in [0.2, 0.25) is 0 Å². The van der Waals surface area contributed by atoms with Crippen molar-refractivity contribution in [3.05, 3.63) is 0 Å². The summed E-state index contributed by atoms with van der Waals surface area (Å²) in [6.45, 7) is 2.55. The van der Waals surface area contributed by atoms with Crippen molar-refractivity contribution < 1.29 is 5.11 Å². The molecule has 1 N–H and O–H groups in total. The van der Waals surface area contributed by atoms with Gasteiger partial charge in [-0.1, -0.05) is 19.8 Å². The summed E-state index contributed by atoms with van der Waals surface area (Å²) in [5, 5.41) is 8.46. The quantitative estimate of drug-likeness (QED) is 0.580. The van der Waals surface area contributed by atoms with Gasteiger partial charge in [0, 0.05) is 6.61 Å². The lowest BCUT2D eigenvalue weighted by Crippen LogP contribution is -1.85. The van der Waals surface area contributed by atoms with Gasteiger partial charge in [0.1, 0.15) is 0 Å². The molecule has 0 saturated carbocycles. The van der Waals surface area contributed by atoms with E-state index >= 15 is 0 Å². The number of aliphatic hydroxyl groups excluding tert-OH is 1. The van der Waals surface area contributed by atoms with Gasteiger partial charge in [0.15, 0.2) is 0 Å². The van der Waals surface area contributed by atoms with Crippen LogP contribution in [0.4, 0.5) is 0 Å². The summed E-state index contributed by atoms with van der Waals surface area (Å²) in [7, 11) is 0. The minimum Gasteiger partial charge on any atom is -0.396 e. The summed E-state index contributed by atoms with van der Waals surface area (Å²) in [5.41, 5.74) is 0. The molecular weight excluding hydrogens is 144 g/mol. The lowest BCUT2D eigenvalue weighted by atomic mass is 10.2. The van der Waals surface area contributed by atoms with Crippen molar-refractivity contribution in [2.45, 2.75) is 32.6 Å². The van der Waals surface area contributed by atoms with Gasteiger partial charge in [-0.15, -0.1) is 0 Å². The van der Waals surface area contributed by atoms with Crippen molar-refractivity contribution in [1.29, 1.82) is 0 Å². The van der Waals surface area contributed by atoms with Gasteiger partial charge in [-0.2, -0.15) is 11.8 Å². The number of hydrogen-bond acceptors (Lipinski definition) is 2. The Balaban J connectivity index is 2.65. The van der Waals surface area contributed by atoms with E-state index in [-0.39, 0.29) is 0 Å². The zero-order valence-electron chi connectivity index (χ0n) is 6.81. The van der Waals surface area contributed by atoms with Gasteiger partial charge in [-0.3, -0.25) is 0 Å². The third kappa shape index (κ3) is 8.31. The van der Waals surface area contributed by atoms with Gasteiger partial charge in [-0.25, -0.2) is 0 Å². The monoisotopic (exact) mass is 162 g/mol. The Labute approximate surface area is 68.2 Å². The average molecular weight is 162 g/mol. The molecule has 0 spiro atoms. The van der Waals surface area contributed by atoms with Gasteiger partial charge < -0.3 is 5.11 Å². The summed E-state index contributed by atoms with van der Waals surface area (Å²) >= 11 is 2.00. The fourth-order valence-corrected chi connectivity index (χ4v) is 1.51. The largest absolute Gasteiger partial charge is 0.396 e. The van der Waals surface area contributed by atoms with Crippen LogP contribution in [0.15, 0.2) is 0 Å². The Hall–Kier alpha value is 0.310. The summed E-state index contributed by atoms with van der Waals surface area (Å²) < 4.78 is 0. The molecule has 0 aliphatic rings. The Morgan fingerprint density at radius 2 is 1.80 bits per heavy atom. The Morgan fingerprint density at radius 3 is 2.40 bits per heavy atom. The zero-order chi connectivity index (χ0) is 7.66. The van der Waals surface area contributed by atoms with Crippen LogP contribution in [-0.4, -0.2) is 23.2 Å². The maximum atomic E-state index is 8.46. The highest BCUT2D eigenvalue weighted by Gasteiger charge is 1.88. The zero-order valence-corrected chi connectivity index (χ0v) is 7.62. The van der Waals surface area contributed by atoms with Crippen LogP contribution in [0.3, 0.4) is 0 Å². The standard InChI is InChI=1S/C8H18OS/c1-2-10-8-6-4-3-5-7-9/h9H,2-8H2,1H3. The van der Waals surface area contributed by atoms with Crippen LogP contribution >= 0.6 is 11.8 Å². The van der Waals surface area contributed by atoms with Crippen LogP contribution < -0.4 is 0 Å². The number of thioether (sulfide) groups is 1. The molecule has 0 bridgehead atoms. The first kappa shape index (κ1) is 10.3. The third-order valence-corrected chi connectivity index (χ3v) is 2.39. The molecule has 0 amide bonds. The molecule has 2 heteroatoms. The van der Waals surface area contributed by atoms with Gasteiger partial charge in [-0.05, 0) is 24.3 Å². The van der Waals surface area contributed by atoms with E-state index in [0.717, 1.165) is 6.42 Å². The molecule has 0 radical (unpaired) electrons. The van der Waals surface area contributed by atoms with Crippen molar-refractivity contribution in [2.75, 3.05) is 18.1 Å². The van der Waals surface area contributed by atoms with Crippen molar-refractivity contribution >= 4 is 11.8 Å². The van der Waals surface area contributed by atoms with E-state index < -0.39 is 0 Å². The van der Waals surface area contributed by atoms with Crippen molar-refractivity contribution in [2.24, 2.45) is 0 Å². The molecule has 10 heavy (non-hydrogen) atoms. The molecule has 0 saturated heterocycles. The minimum absolute atomic E-state index is 0.362. The van der Waals surface area contributed by atoms with E-state index in [0.29, 0.717) is 6.61 Å². The average Bonchev–Trinajstić information content (AvgIpc) is 1.97. The second-order valence-corrected chi connectivity index (χ2v) is 3.73. The molecular formula is C8H18OS. The van der Waals surface area contributed by atoms with Gasteiger partial charge >= 0.3 is 0 Å². The van der Waals surface area contributed by atoms with Crippen molar-refractivity contribution in [1.82, 2.24) is 0 Å². The van der Waals surface area contributed by atoms with Crippen LogP contribution in [-0.2, 0) is 0 Å². The molecule has 0 atom stereocenters. The summed E-state index contributed by atoms with van der Waals surface area (Å²) in [6.07, 6.45) is 4.78. The topological polar surface area (TPSA) is 20.2 Å². The molecule has 0 aliphatic heterocycles. The SMILES string of the molecule is CCSCCCCCCO. The Morgan fingerprint density at radius 1 is 1.10 bits per heavy atom. The van der Waals surface area contributed by atoms with E-state index in [9.17, 15) is 0 Å². The summed E-state index contributed by atoms with van der Waals surface area (Å²) in [6, 6.07) is 0. The Kier molecular flexibility index (Phi) is 9.60. The molecule has 0 aliphatic carbocycles. The van der Waals surface area contributed by atoms with E-state index in [1.54, 1.807) is 0 Å². The van der Waals surface area contributed by atoms with E-state index in [4.69, 9.17) is 5.11 Å². The molecule has 0 unspecified atom stereocenters. The highest BCUT2D eigenvalue weighted by molar-refractivity contribution is 7.99. The highest BCUT2D eigenvalue weighted by Crippen LogP contribution is 2.06. The molecule has 0 rings (SSSR count). The first-order valence-electron chi connectivity index (χ1n) is 4.10. The number of unbranched alkanes of at least 4 members (excludes halogenated alkanes) is 3. The molecule has 0 heterocycles. The van der Waals surface area contributed by atoms with Crippen LogP contribution in [0.1, 0.15) is 32.6 Å². The highest BCUT2D eigenvalue weighted by atomic mass is 32.2. The minimum atomic E-state index is 0.362. The lowest BCUT2D eigenvalue weighted by Gasteiger charge is -1.97. The number of aliphatic hydroxyl groups is 1. The lowest BCUT2D eigenvalue weighted by molar-refractivity contribution is 0.283. The molecule has 0 fully saturated rings. The Bertz CT molecular complexity index is 49.2. The van der Waals surface area contributed by atoms with Crippen LogP contribution in [0, 0.1) is 0 Å². The predicted octanol–water partition coefficient (Wildman–Crippen LogP) is 2.29. The smallest absolute Gasteiger partial charge is 0.0431 e. The molecule has 62 valence electrons. The van der Waals surface area contributed by atoms with Gasteiger partial charge in [0.25, 0.3) is 0 Å². The maximum Gasteiger partial charge on any atom is 0.0431 e.